The molecule has 0 saturated heterocycles. The molecule has 1 aliphatic rings. The third-order valence-electron chi connectivity index (χ3n) is 3.67. The molecule has 1 unspecified atom stereocenters. The average molecular weight is 208 g/mol. The van der Waals surface area contributed by atoms with Crippen molar-refractivity contribution < 1.29 is 0 Å². The highest BCUT2D eigenvalue weighted by Crippen LogP contribution is 2.32. The first-order chi connectivity index (χ1) is 7.22. The second-order valence-electron chi connectivity index (χ2n) is 4.63. The molecule has 1 heterocycles. The van der Waals surface area contributed by atoms with E-state index in [1.165, 1.54) is 25.7 Å². The van der Waals surface area contributed by atoms with Gasteiger partial charge in [0.2, 0.25) is 0 Å². The van der Waals surface area contributed by atoms with E-state index in [9.17, 15) is 4.79 Å². The Kier molecular flexibility index (Phi) is 2.98. The normalized spacial score (nSPS) is 19.6. The van der Waals surface area contributed by atoms with Crippen LogP contribution < -0.4 is 5.56 Å². The van der Waals surface area contributed by atoms with Crippen molar-refractivity contribution in [3.63, 3.8) is 0 Å². The van der Waals surface area contributed by atoms with Crippen LogP contribution in [0.4, 0.5) is 0 Å². The lowest BCUT2D eigenvalue weighted by Crippen LogP contribution is -2.24. The molecule has 0 aliphatic heterocycles. The zero-order valence-corrected chi connectivity index (χ0v) is 9.62. The fourth-order valence-corrected chi connectivity index (χ4v) is 2.59. The number of H-pyrrole nitrogens is 1. The van der Waals surface area contributed by atoms with E-state index in [1.807, 2.05) is 4.68 Å². The second kappa shape index (κ2) is 4.25. The molecule has 1 aromatic heterocycles. The fraction of sp³-hybridized carbons (Fsp3) is 0.750. The smallest absolute Gasteiger partial charge is 0.266 e. The van der Waals surface area contributed by atoms with Crippen LogP contribution in [-0.4, -0.2) is 9.78 Å². The minimum Gasteiger partial charge on any atom is -0.299 e. The van der Waals surface area contributed by atoms with Gasteiger partial charge in [0.25, 0.3) is 5.56 Å². The highest BCUT2D eigenvalue weighted by Gasteiger charge is 2.24. The number of aryl methyl sites for hydroxylation is 1. The van der Waals surface area contributed by atoms with Crippen LogP contribution in [0.15, 0.2) is 10.9 Å². The van der Waals surface area contributed by atoms with Gasteiger partial charge in [0.05, 0.1) is 6.04 Å². The third kappa shape index (κ3) is 2.01. The summed E-state index contributed by atoms with van der Waals surface area (Å²) in [6.07, 6.45) is 6.10. The SMILES string of the molecule is CCc1cc(=O)n(C(C)C2CCCC2)[nH]1. The summed E-state index contributed by atoms with van der Waals surface area (Å²) in [5.74, 6) is 0.686. The molecule has 1 aromatic rings. The molecule has 2 rings (SSSR count). The van der Waals surface area contributed by atoms with Gasteiger partial charge in [0.15, 0.2) is 0 Å². The van der Waals surface area contributed by atoms with Crippen molar-refractivity contribution in [1.29, 1.82) is 0 Å². The van der Waals surface area contributed by atoms with Gasteiger partial charge in [-0.2, -0.15) is 0 Å². The summed E-state index contributed by atoms with van der Waals surface area (Å²) in [7, 11) is 0. The monoisotopic (exact) mass is 208 g/mol. The molecule has 3 heteroatoms. The van der Waals surface area contributed by atoms with Crippen LogP contribution >= 0.6 is 0 Å². The lowest BCUT2D eigenvalue weighted by molar-refractivity contribution is 0.327. The number of hydrogen-bond donors (Lipinski definition) is 1. The number of aromatic nitrogens is 2. The van der Waals surface area contributed by atoms with Crippen LogP contribution in [0.1, 0.15) is 51.3 Å². The van der Waals surface area contributed by atoms with Crippen molar-refractivity contribution in [1.82, 2.24) is 9.78 Å². The van der Waals surface area contributed by atoms with Gasteiger partial charge in [0.1, 0.15) is 0 Å². The first-order valence-corrected chi connectivity index (χ1v) is 6.02. The van der Waals surface area contributed by atoms with Gasteiger partial charge >= 0.3 is 0 Å². The Bertz CT molecular complexity index is 371. The van der Waals surface area contributed by atoms with Gasteiger partial charge in [-0.15, -0.1) is 0 Å². The van der Waals surface area contributed by atoms with Gasteiger partial charge in [-0.25, -0.2) is 4.68 Å². The lowest BCUT2D eigenvalue weighted by Gasteiger charge is -2.19. The zero-order valence-electron chi connectivity index (χ0n) is 9.62. The van der Waals surface area contributed by atoms with E-state index in [-0.39, 0.29) is 5.56 Å². The first-order valence-electron chi connectivity index (χ1n) is 6.02. The van der Waals surface area contributed by atoms with Gasteiger partial charge in [-0.05, 0) is 32.1 Å². The third-order valence-corrected chi connectivity index (χ3v) is 3.67. The highest BCUT2D eigenvalue weighted by atomic mass is 16.1. The van der Waals surface area contributed by atoms with Crippen molar-refractivity contribution in [3.05, 3.63) is 22.1 Å². The summed E-state index contributed by atoms with van der Waals surface area (Å²) in [5, 5.41) is 3.21. The van der Waals surface area contributed by atoms with Crippen molar-refractivity contribution in [2.24, 2.45) is 5.92 Å². The topological polar surface area (TPSA) is 37.8 Å². The minimum absolute atomic E-state index is 0.131. The molecular weight excluding hydrogens is 188 g/mol. The number of nitrogens with zero attached hydrogens (tertiary/aromatic N) is 1. The van der Waals surface area contributed by atoms with Crippen LogP contribution in [0.5, 0.6) is 0 Å². The molecule has 0 spiro atoms. The van der Waals surface area contributed by atoms with E-state index in [1.54, 1.807) is 6.07 Å². The molecule has 1 saturated carbocycles. The summed E-state index contributed by atoms with van der Waals surface area (Å²) in [5.41, 5.74) is 1.18. The van der Waals surface area contributed by atoms with E-state index >= 15 is 0 Å². The molecule has 0 aromatic carbocycles. The summed E-state index contributed by atoms with van der Waals surface area (Å²) in [6, 6.07) is 2.06. The van der Waals surface area contributed by atoms with Crippen molar-refractivity contribution >= 4 is 0 Å². The largest absolute Gasteiger partial charge is 0.299 e. The standard InChI is InChI=1S/C12H20N2O/c1-3-11-8-12(15)14(13-11)9(2)10-6-4-5-7-10/h8-10,13H,3-7H2,1-2H3. The number of aromatic amines is 1. The van der Waals surface area contributed by atoms with Gasteiger partial charge in [0, 0.05) is 11.8 Å². The van der Waals surface area contributed by atoms with Crippen molar-refractivity contribution in [3.8, 4) is 0 Å². The molecule has 3 nitrogen and oxygen atoms in total. The van der Waals surface area contributed by atoms with E-state index in [0.717, 1.165) is 12.1 Å². The number of nitrogens with one attached hydrogen (secondary N) is 1. The fourth-order valence-electron chi connectivity index (χ4n) is 2.59. The van der Waals surface area contributed by atoms with E-state index in [4.69, 9.17) is 0 Å². The predicted octanol–water partition coefficient (Wildman–Crippen LogP) is 2.49. The Labute approximate surface area is 90.5 Å². The maximum Gasteiger partial charge on any atom is 0.266 e. The Morgan fingerprint density at radius 1 is 1.53 bits per heavy atom. The van der Waals surface area contributed by atoms with Crippen molar-refractivity contribution in [2.75, 3.05) is 0 Å². The van der Waals surface area contributed by atoms with Gasteiger partial charge in [-0.3, -0.25) is 9.89 Å². The average Bonchev–Trinajstić information content (AvgIpc) is 2.85. The molecule has 0 amide bonds. The Balaban J connectivity index is 2.20. The molecule has 84 valence electrons. The summed E-state index contributed by atoms with van der Waals surface area (Å²) in [4.78, 5) is 11.7. The van der Waals surface area contributed by atoms with E-state index in [2.05, 4.69) is 18.9 Å². The van der Waals surface area contributed by atoms with Crippen LogP contribution in [0, 0.1) is 5.92 Å². The molecule has 1 N–H and O–H groups in total. The summed E-state index contributed by atoms with van der Waals surface area (Å²) < 4.78 is 1.81. The first kappa shape index (κ1) is 10.5. The Hall–Kier alpha value is -0.990. The van der Waals surface area contributed by atoms with Gasteiger partial charge < -0.3 is 0 Å². The molecule has 1 aliphatic carbocycles. The zero-order chi connectivity index (χ0) is 10.8. The van der Waals surface area contributed by atoms with Gasteiger partial charge in [-0.1, -0.05) is 19.8 Å². The molecule has 0 bridgehead atoms. The Morgan fingerprint density at radius 2 is 2.20 bits per heavy atom. The van der Waals surface area contributed by atoms with Crippen LogP contribution in [0.2, 0.25) is 0 Å². The van der Waals surface area contributed by atoms with E-state index in [0.29, 0.717) is 12.0 Å². The summed E-state index contributed by atoms with van der Waals surface area (Å²) >= 11 is 0. The Morgan fingerprint density at radius 3 is 2.73 bits per heavy atom. The van der Waals surface area contributed by atoms with Crippen LogP contribution in [-0.2, 0) is 6.42 Å². The van der Waals surface area contributed by atoms with Crippen LogP contribution in [0.25, 0.3) is 0 Å². The summed E-state index contributed by atoms with van der Waals surface area (Å²) in [6.45, 7) is 4.23. The number of hydrogen-bond acceptors (Lipinski definition) is 1. The maximum atomic E-state index is 11.7. The minimum atomic E-state index is 0.131. The molecule has 1 atom stereocenters. The predicted molar refractivity (Wildman–Crippen MR) is 61.1 cm³/mol. The maximum absolute atomic E-state index is 11.7. The molecule has 15 heavy (non-hydrogen) atoms. The van der Waals surface area contributed by atoms with Crippen molar-refractivity contribution in [2.45, 2.75) is 52.0 Å². The highest BCUT2D eigenvalue weighted by molar-refractivity contribution is 5.00. The molecule has 0 radical (unpaired) electrons. The molecular formula is C12H20N2O. The quantitative estimate of drug-likeness (QED) is 0.814. The second-order valence-corrected chi connectivity index (χ2v) is 4.63. The lowest BCUT2D eigenvalue weighted by atomic mass is 10.0. The van der Waals surface area contributed by atoms with Crippen LogP contribution in [0.3, 0.4) is 0 Å². The number of rotatable bonds is 3. The molecule has 1 fully saturated rings. The van der Waals surface area contributed by atoms with E-state index < -0.39 is 0 Å².